The molecule has 0 spiro atoms. The van der Waals surface area contributed by atoms with Crippen molar-refractivity contribution in [2.24, 2.45) is 5.16 Å². The Kier molecular flexibility index (Phi) is 5.98. The number of hydrogen-bond acceptors (Lipinski definition) is 5. The van der Waals surface area contributed by atoms with Gasteiger partial charge in [0.15, 0.2) is 5.79 Å². The summed E-state index contributed by atoms with van der Waals surface area (Å²) in [5.74, 6) is -0.729. The topological polar surface area (TPSA) is 60.3 Å². The number of aliphatic hydroxyl groups is 1. The van der Waals surface area contributed by atoms with Gasteiger partial charge in [0.1, 0.15) is 18.8 Å². The predicted octanol–water partition coefficient (Wildman–Crippen LogP) is 2.51. The summed E-state index contributed by atoms with van der Waals surface area (Å²) in [7, 11) is 0. The number of benzene rings is 1. The fraction of sp³-hybridized carbons (Fsp3) is 0.533. The van der Waals surface area contributed by atoms with Crippen LogP contribution in [-0.2, 0) is 20.9 Å². The molecule has 1 fully saturated rings. The molecule has 0 saturated carbocycles. The van der Waals surface area contributed by atoms with E-state index in [2.05, 4.69) is 27.7 Å². The zero-order chi connectivity index (χ0) is 15.3. The van der Waals surface area contributed by atoms with E-state index in [0.717, 1.165) is 5.56 Å². The molecule has 0 amide bonds. The lowest BCUT2D eigenvalue weighted by Gasteiger charge is -2.19. The van der Waals surface area contributed by atoms with Crippen LogP contribution in [0.2, 0.25) is 0 Å². The molecule has 1 aliphatic heterocycles. The van der Waals surface area contributed by atoms with Gasteiger partial charge in [-0.15, -0.1) is 0 Å². The molecule has 0 radical (unpaired) electrons. The zero-order valence-corrected chi connectivity index (χ0v) is 14.3. The lowest BCUT2D eigenvalue weighted by molar-refractivity contribution is -0.150. The number of rotatable bonds is 6. The quantitative estimate of drug-likeness (QED) is 0.342. The van der Waals surface area contributed by atoms with E-state index < -0.39 is 24.1 Å². The molecule has 0 unspecified atom stereocenters. The number of ether oxygens (including phenoxy) is 2. The Hall–Kier alpha value is -0.700. The predicted molar refractivity (Wildman–Crippen MR) is 88.4 cm³/mol. The number of oxime groups is 1. The lowest BCUT2D eigenvalue weighted by Crippen LogP contribution is -2.37. The minimum Gasteiger partial charge on any atom is -0.391 e. The number of halogens is 1. The van der Waals surface area contributed by atoms with E-state index in [4.69, 9.17) is 14.3 Å². The molecular formula is C15H20INO4. The molecule has 0 aliphatic carbocycles. The maximum absolute atomic E-state index is 9.98. The van der Waals surface area contributed by atoms with Crippen LogP contribution in [0.4, 0.5) is 0 Å². The van der Waals surface area contributed by atoms with E-state index in [-0.39, 0.29) is 0 Å². The van der Waals surface area contributed by atoms with Gasteiger partial charge in [0, 0.05) is 4.43 Å². The maximum atomic E-state index is 9.98. The maximum Gasteiger partial charge on any atom is 0.164 e. The molecule has 0 aromatic heterocycles. The summed E-state index contributed by atoms with van der Waals surface area (Å²) in [6.45, 7) is 4.03. The average Bonchev–Trinajstić information content (AvgIpc) is 2.79. The van der Waals surface area contributed by atoms with Crippen molar-refractivity contribution in [1.82, 2.24) is 0 Å². The summed E-state index contributed by atoms with van der Waals surface area (Å²) in [6.07, 6.45) is 0.109. The highest BCUT2D eigenvalue weighted by Gasteiger charge is 2.43. The minimum absolute atomic E-state index is 0.397. The Bertz CT molecular complexity index is 466. The second-order valence-corrected chi connectivity index (χ2v) is 6.18. The van der Waals surface area contributed by atoms with Crippen LogP contribution < -0.4 is 0 Å². The van der Waals surface area contributed by atoms with E-state index in [1.165, 1.54) is 0 Å². The average molecular weight is 405 g/mol. The van der Waals surface area contributed by atoms with Gasteiger partial charge in [-0.1, -0.05) is 58.1 Å². The first-order valence-corrected chi connectivity index (χ1v) is 8.33. The Morgan fingerprint density at radius 1 is 1.38 bits per heavy atom. The van der Waals surface area contributed by atoms with Gasteiger partial charge in [-0.05, 0) is 19.4 Å². The molecule has 21 heavy (non-hydrogen) atoms. The Morgan fingerprint density at radius 2 is 2.10 bits per heavy atom. The number of hydrogen-bond donors (Lipinski definition) is 1. The molecule has 2 rings (SSSR count). The molecule has 0 bridgehead atoms. The monoisotopic (exact) mass is 405 g/mol. The number of nitrogens with zero attached hydrogens (tertiary/aromatic N) is 1. The second-order valence-electron chi connectivity index (χ2n) is 5.30. The summed E-state index contributed by atoms with van der Waals surface area (Å²) in [4.78, 5) is 5.26. The Morgan fingerprint density at radius 3 is 2.76 bits per heavy atom. The summed E-state index contributed by atoms with van der Waals surface area (Å²) in [5.41, 5.74) is 1.04. The van der Waals surface area contributed by atoms with Gasteiger partial charge < -0.3 is 19.4 Å². The normalized spacial score (nSPS) is 26.1. The molecule has 3 atom stereocenters. The fourth-order valence-corrected chi connectivity index (χ4v) is 2.61. The van der Waals surface area contributed by atoms with Gasteiger partial charge in [-0.3, -0.25) is 0 Å². The Balaban J connectivity index is 1.89. The third-order valence-corrected chi connectivity index (χ3v) is 3.96. The molecule has 5 nitrogen and oxygen atoms in total. The SMILES string of the molecule is CC1(C)O[C@H]([C@H](O)CI)[C@H](/C=N/OCc2ccccc2)O1. The van der Waals surface area contributed by atoms with E-state index in [1.54, 1.807) is 6.21 Å². The highest BCUT2D eigenvalue weighted by atomic mass is 127. The third-order valence-electron chi connectivity index (χ3n) is 3.06. The van der Waals surface area contributed by atoms with Gasteiger partial charge in [0.2, 0.25) is 0 Å². The van der Waals surface area contributed by atoms with Crippen LogP contribution in [0.1, 0.15) is 19.4 Å². The summed E-state index contributed by atoms with van der Waals surface area (Å²) >= 11 is 2.12. The van der Waals surface area contributed by atoms with Crippen molar-refractivity contribution >= 4 is 28.8 Å². The lowest BCUT2D eigenvalue weighted by atomic mass is 10.1. The van der Waals surface area contributed by atoms with Crippen LogP contribution in [0.15, 0.2) is 35.5 Å². The summed E-state index contributed by atoms with van der Waals surface area (Å²) in [5, 5.41) is 13.9. The standard InChI is InChI=1S/C15H20INO4/c1-15(2)20-13(14(21-15)12(18)8-16)9-17-19-10-11-6-4-3-5-7-11/h3-7,9,12-14,18H,8,10H2,1-2H3/b17-9+/t12-,13+,14-/m1/s1. The van der Waals surface area contributed by atoms with Gasteiger partial charge in [-0.25, -0.2) is 0 Å². The van der Waals surface area contributed by atoms with E-state index >= 15 is 0 Å². The van der Waals surface area contributed by atoms with Crippen LogP contribution in [0, 0.1) is 0 Å². The molecule has 116 valence electrons. The summed E-state index contributed by atoms with van der Waals surface area (Å²) in [6, 6.07) is 9.79. The molecule has 1 heterocycles. The minimum atomic E-state index is -0.729. The first kappa shape index (κ1) is 16.7. The van der Waals surface area contributed by atoms with E-state index in [0.29, 0.717) is 11.0 Å². The number of alkyl halides is 1. The molecule has 1 aromatic rings. The highest BCUT2D eigenvalue weighted by molar-refractivity contribution is 14.1. The van der Waals surface area contributed by atoms with Crippen molar-refractivity contribution in [1.29, 1.82) is 0 Å². The van der Waals surface area contributed by atoms with Gasteiger partial charge in [-0.2, -0.15) is 0 Å². The van der Waals surface area contributed by atoms with Crippen molar-refractivity contribution in [3.8, 4) is 0 Å². The van der Waals surface area contributed by atoms with Crippen molar-refractivity contribution in [2.45, 2.75) is 44.6 Å². The smallest absolute Gasteiger partial charge is 0.164 e. The van der Waals surface area contributed by atoms with Crippen LogP contribution in [-0.4, -0.2) is 39.8 Å². The van der Waals surface area contributed by atoms with Crippen molar-refractivity contribution in [2.75, 3.05) is 4.43 Å². The first-order chi connectivity index (χ1) is 10.0. The largest absolute Gasteiger partial charge is 0.391 e. The van der Waals surface area contributed by atoms with Gasteiger partial charge in [0.05, 0.1) is 12.3 Å². The van der Waals surface area contributed by atoms with E-state index in [9.17, 15) is 5.11 Å². The fourth-order valence-electron chi connectivity index (χ4n) is 2.11. The molecule has 1 aromatic carbocycles. The third kappa shape index (κ3) is 4.91. The molecule has 6 heteroatoms. The van der Waals surface area contributed by atoms with Crippen molar-refractivity contribution in [3.63, 3.8) is 0 Å². The van der Waals surface area contributed by atoms with Gasteiger partial charge in [0.25, 0.3) is 0 Å². The van der Waals surface area contributed by atoms with Gasteiger partial charge >= 0.3 is 0 Å². The molecule has 1 saturated heterocycles. The molecule has 1 N–H and O–H groups in total. The van der Waals surface area contributed by atoms with Crippen LogP contribution in [0.5, 0.6) is 0 Å². The zero-order valence-electron chi connectivity index (χ0n) is 12.1. The van der Waals surface area contributed by atoms with Crippen LogP contribution >= 0.6 is 22.6 Å². The van der Waals surface area contributed by atoms with Crippen molar-refractivity contribution in [3.05, 3.63) is 35.9 Å². The Labute approximate surface area is 138 Å². The summed E-state index contributed by atoms with van der Waals surface area (Å²) < 4.78 is 12.0. The molecule has 1 aliphatic rings. The highest BCUT2D eigenvalue weighted by Crippen LogP contribution is 2.29. The van der Waals surface area contributed by atoms with E-state index in [1.807, 2.05) is 44.2 Å². The second kappa shape index (κ2) is 7.53. The van der Waals surface area contributed by atoms with Crippen LogP contribution in [0.3, 0.4) is 0 Å². The molecular weight excluding hydrogens is 385 g/mol. The van der Waals surface area contributed by atoms with Crippen molar-refractivity contribution < 1.29 is 19.4 Å². The first-order valence-electron chi connectivity index (χ1n) is 6.81. The van der Waals surface area contributed by atoms with Crippen LogP contribution in [0.25, 0.3) is 0 Å². The number of aliphatic hydroxyl groups excluding tert-OH is 1.